The van der Waals surface area contributed by atoms with Crippen molar-refractivity contribution in [2.45, 2.75) is 26.3 Å². The molecule has 0 radical (unpaired) electrons. The van der Waals surface area contributed by atoms with Crippen LogP contribution in [0.3, 0.4) is 0 Å². The van der Waals surface area contributed by atoms with E-state index in [0.717, 1.165) is 4.57 Å². The summed E-state index contributed by atoms with van der Waals surface area (Å²) in [6.45, 7) is 3.26. The number of carbonyl (C=O) groups excluding carboxylic acids is 1. The highest BCUT2D eigenvalue weighted by Gasteiger charge is 2.21. The van der Waals surface area contributed by atoms with Crippen molar-refractivity contribution < 1.29 is 14.1 Å². The zero-order valence-electron chi connectivity index (χ0n) is 10.5. The fourth-order valence-corrected chi connectivity index (χ4v) is 1.94. The molecule has 7 nitrogen and oxygen atoms in total. The van der Waals surface area contributed by atoms with Crippen molar-refractivity contribution in [2.24, 2.45) is 0 Å². The minimum absolute atomic E-state index is 0.142. The number of benzene rings is 1. The van der Waals surface area contributed by atoms with Crippen LogP contribution in [0.1, 0.15) is 26.3 Å². The summed E-state index contributed by atoms with van der Waals surface area (Å²) in [6, 6.07) is 3.14. The molecule has 0 aliphatic carbocycles. The van der Waals surface area contributed by atoms with E-state index in [1.54, 1.807) is 13.8 Å². The second kappa shape index (κ2) is 4.68. The van der Waals surface area contributed by atoms with Gasteiger partial charge in [-0.25, -0.2) is 4.79 Å². The van der Waals surface area contributed by atoms with E-state index in [-0.39, 0.29) is 29.0 Å². The molecular formula is C12H12N2O5. The number of nitro benzene ring substituents is 1. The molecule has 1 atom stereocenters. The van der Waals surface area contributed by atoms with Gasteiger partial charge in [-0.05, 0) is 13.0 Å². The third-order valence-electron chi connectivity index (χ3n) is 3.01. The average Bonchev–Trinajstić information content (AvgIpc) is 2.71. The third kappa shape index (κ3) is 2.14. The summed E-state index contributed by atoms with van der Waals surface area (Å²) in [5.41, 5.74) is 0.332. The Kier molecular flexibility index (Phi) is 3.20. The summed E-state index contributed by atoms with van der Waals surface area (Å²) in [5, 5.41) is 10.7. The van der Waals surface area contributed by atoms with E-state index in [1.165, 1.54) is 18.2 Å². The van der Waals surface area contributed by atoms with Crippen LogP contribution >= 0.6 is 0 Å². The van der Waals surface area contributed by atoms with E-state index in [2.05, 4.69) is 0 Å². The molecule has 1 aromatic carbocycles. The minimum atomic E-state index is -0.708. The summed E-state index contributed by atoms with van der Waals surface area (Å²) in [6.07, 6.45) is 0.273. The smallest absolute Gasteiger partial charge is 0.408 e. The zero-order chi connectivity index (χ0) is 14.2. The molecule has 0 bridgehead atoms. The molecule has 0 aliphatic heterocycles. The van der Waals surface area contributed by atoms with Gasteiger partial charge in [0.15, 0.2) is 11.4 Å². The molecular weight excluding hydrogens is 252 g/mol. The number of fused-ring (bicyclic) bond motifs is 1. The monoisotopic (exact) mass is 264 g/mol. The van der Waals surface area contributed by atoms with Crippen molar-refractivity contribution in [1.29, 1.82) is 0 Å². The Balaban J connectivity index is 2.69. The van der Waals surface area contributed by atoms with Crippen LogP contribution in [0.4, 0.5) is 5.69 Å². The largest absolute Gasteiger partial charge is 0.420 e. The van der Waals surface area contributed by atoms with Crippen LogP contribution in [0.5, 0.6) is 0 Å². The fourth-order valence-electron chi connectivity index (χ4n) is 1.94. The lowest BCUT2D eigenvalue weighted by Crippen LogP contribution is -2.24. The average molecular weight is 264 g/mol. The molecule has 2 rings (SSSR count). The van der Waals surface area contributed by atoms with Crippen molar-refractivity contribution in [3.63, 3.8) is 0 Å². The van der Waals surface area contributed by atoms with Crippen molar-refractivity contribution in [1.82, 2.24) is 4.57 Å². The lowest BCUT2D eigenvalue weighted by atomic mass is 10.1. The first-order valence-corrected chi connectivity index (χ1v) is 5.78. The quantitative estimate of drug-likeness (QED) is 0.622. The maximum atomic E-state index is 11.8. The molecule has 0 N–H and O–H groups in total. The second-order valence-corrected chi connectivity index (χ2v) is 4.14. The number of aromatic nitrogens is 1. The van der Waals surface area contributed by atoms with Crippen LogP contribution in [0.15, 0.2) is 27.4 Å². The van der Waals surface area contributed by atoms with Gasteiger partial charge in [0.25, 0.3) is 5.69 Å². The minimum Gasteiger partial charge on any atom is -0.408 e. The number of non-ortho nitro benzene ring substituents is 1. The van der Waals surface area contributed by atoms with Gasteiger partial charge in [0, 0.05) is 18.6 Å². The van der Waals surface area contributed by atoms with Crippen LogP contribution in [-0.4, -0.2) is 15.3 Å². The molecule has 2 aromatic rings. The zero-order valence-corrected chi connectivity index (χ0v) is 10.5. The van der Waals surface area contributed by atoms with E-state index in [1.807, 2.05) is 0 Å². The first-order valence-electron chi connectivity index (χ1n) is 5.78. The first kappa shape index (κ1) is 13.0. The van der Waals surface area contributed by atoms with Crippen LogP contribution in [-0.2, 0) is 4.79 Å². The number of nitrogens with zero attached hydrogens (tertiary/aromatic N) is 2. The fraction of sp³-hybridized carbons (Fsp3) is 0.333. The summed E-state index contributed by atoms with van der Waals surface area (Å²) < 4.78 is 6.13. The third-order valence-corrected chi connectivity index (χ3v) is 3.01. The van der Waals surface area contributed by atoms with E-state index in [9.17, 15) is 19.7 Å². The molecule has 7 heteroatoms. The standard InChI is InChI=1S/C12H12N2O5/c1-3-10(15)7(2)13-9-6-8(14(17)18)4-5-11(9)19-12(13)16/h4-7H,3H2,1-2H3. The van der Waals surface area contributed by atoms with Crippen molar-refractivity contribution in [2.75, 3.05) is 0 Å². The van der Waals surface area contributed by atoms with Crippen molar-refractivity contribution >= 4 is 22.6 Å². The molecule has 0 amide bonds. The lowest BCUT2D eigenvalue weighted by Gasteiger charge is -2.09. The van der Waals surface area contributed by atoms with E-state index in [4.69, 9.17) is 4.42 Å². The Morgan fingerprint density at radius 3 is 2.79 bits per heavy atom. The Hall–Kier alpha value is -2.44. The van der Waals surface area contributed by atoms with Crippen LogP contribution < -0.4 is 5.76 Å². The van der Waals surface area contributed by atoms with Gasteiger partial charge in [-0.1, -0.05) is 6.92 Å². The number of carbonyl (C=O) groups is 1. The maximum absolute atomic E-state index is 11.8. The molecule has 100 valence electrons. The van der Waals surface area contributed by atoms with Crippen LogP contribution in [0.25, 0.3) is 11.1 Å². The van der Waals surface area contributed by atoms with Gasteiger partial charge in [0.1, 0.15) is 0 Å². The molecule has 1 aromatic heterocycles. The molecule has 0 saturated carbocycles. The highest BCUT2D eigenvalue weighted by atomic mass is 16.6. The molecule has 1 heterocycles. The van der Waals surface area contributed by atoms with Crippen LogP contribution in [0, 0.1) is 10.1 Å². The van der Waals surface area contributed by atoms with Gasteiger partial charge in [0.05, 0.1) is 16.5 Å². The van der Waals surface area contributed by atoms with Gasteiger partial charge in [-0.15, -0.1) is 0 Å². The second-order valence-electron chi connectivity index (χ2n) is 4.14. The summed E-state index contributed by atoms with van der Waals surface area (Å²) in [5.74, 6) is -0.832. The normalized spacial score (nSPS) is 12.5. The summed E-state index contributed by atoms with van der Waals surface area (Å²) in [4.78, 5) is 33.6. The van der Waals surface area contributed by atoms with E-state index < -0.39 is 16.7 Å². The predicted molar refractivity (Wildman–Crippen MR) is 67.1 cm³/mol. The topological polar surface area (TPSA) is 95.3 Å². The summed E-state index contributed by atoms with van der Waals surface area (Å²) in [7, 11) is 0. The number of hydrogen-bond acceptors (Lipinski definition) is 5. The number of nitro groups is 1. The highest BCUT2D eigenvalue weighted by Crippen LogP contribution is 2.23. The predicted octanol–water partition coefficient (Wildman–Crippen LogP) is 2.04. The molecule has 0 fully saturated rings. The number of Topliss-reactive ketones (excluding diaryl/α,β-unsaturated/α-hetero) is 1. The van der Waals surface area contributed by atoms with Gasteiger partial charge in [-0.2, -0.15) is 0 Å². The number of hydrogen-bond donors (Lipinski definition) is 0. The summed E-state index contributed by atoms with van der Waals surface area (Å²) >= 11 is 0. The first-order chi connectivity index (χ1) is 8.95. The van der Waals surface area contributed by atoms with Gasteiger partial charge in [-0.3, -0.25) is 19.5 Å². The van der Waals surface area contributed by atoms with Crippen LogP contribution in [0.2, 0.25) is 0 Å². The number of ketones is 1. The molecule has 0 saturated heterocycles. The highest BCUT2D eigenvalue weighted by molar-refractivity contribution is 5.85. The maximum Gasteiger partial charge on any atom is 0.420 e. The van der Waals surface area contributed by atoms with Gasteiger partial charge >= 0.3 is 5.76 Å². The Morgan fingerprint density at radius 2 is 2.21 bits per heavy atom. The Labute approximate surface area is 107 Å². The van der Waals surface area contributed by atoms with Crippen molar-refractivity contribution in [3.8, 4) is 0 Å². The molecule has 0 spiro atoms. The number of rotatable bonds is 4. The Morgan fingerprint density at radius 1 is 1.53 bits per heavy atom. The van der Waals surface area contributed by atoms with Crippen molar-refractivity contribution in [3.05, 3.63) is 38.9 Å². The Bertz CT molecular complexity index is 712. The van der Waals surface area contributed by atoms with Gasteiger partial charge < -0.3 is 4.42 Å². The van der Waals surface area contributed by atoms with Gasteiger partial charge in [0.2, 0.25) is 0 Å². The SMILES string of the molecule is CCC(=O)C(C)n1c(=O)oc2ccc([N+](=O)[O-])cc21. The molecule has 19 heavy (non-hydrogen) atoms. The number of oxazole rings is 1. The van der Waals surface area contributed by atoms with E-state index >= 15 is 0 Å². The lowest BCUT2D eigenvalue weighted by molar-refractivity contribution is -0.384. The molecule has 1 unspecified atom stereocenters. The molecule has 0 aliphatic rings. The van der Waals surface area contributed by atoms with E-state index in [0.29, 0.717) is 0 Å².